The van der Waals surface area contributed by atoms with E-state index in [2.05, 4.69) is 20.3 Å². The van der Waals surface area contributed by atoms with E-state index >= 15 is 0 Å². The summed E-state index contributed by atoms with van der Waals surface area (Å²) in [5.74, 6) is 0.943. The largest absolute Gasteiger partial charge is 0.332 e. The Bertz CT molecular complexity index is 394. The van der Waals surface area contributed by atoms with E-state index in [1.807, 2.05) is 6.92 Å². The first-order valence-electron chi connectivity index (χ1n) is 4.40. The molecule has 0 saturated heterocycles. The normalized spacial score (nSPS) is 13.0. The van der Waals surface area contributed by atoms with Gasteiger partial charge in [-0.15, -0.1) is 0 Å². The van der Waals surface area contributed by atoms with E-state index in [1.54, 1.807) is 12.3 Å². The minimum Gasteiger partial charge on any atom is -0.332 e. The Kier molecular flexibility index (Phi) is 2.28. The topological polar surface area (TPSA) is 93.6 Å². The molecule has 3 N–H and O–H groups in total. The lowest BCUT2D eigenvalue weighted by molar-refractivity contribution is 0.414. The van der Waals surface area contributed by atoms with E-state index < -0.39 is 0 Å². The molecule has 14 heavy (non-hydrogen) atoms. The fourth-order valence-electron chi connectivity index (χ4n) is 1.05. The van der Waals surface area contributed by atoms with Crippen molar-refractivity contribution < 1.29 is 4.52 Å². The number of nitrogens with zero attached hydrogens (tertiary/aromatic N) is 3. The van der Waals surface area contributed by atoms with Gasteiger partial charge in [0.05, 0.1) is 6.04 Å². The third-order valence-electron chi connectivity index (χ3n) is 1.94. The van der Waals surface area contributed by atoms with E-state index in [0.29, 0.717) is 17.4 Å². The first kappa shape index (κ1) is 8.89. The number of aromatic amines is 1. The van der Waals surface area contributed by atoms with Gasteiger partial charge >= 0.3 is 0 Å². The molecule has 2 aromatic heterocycles. The monoisotopic (exact) mass is 193 g/mol. The highest BCUT2D eigenvalue weighted by atomic mass is 16.5. The fourth-order valence-corrected chi connectivity index (χ4v) is 1.05. The van der Waals surface area contributed by atoms with Crippen molar-refractivity contribution in [2.24, 2.45) is 5.73 Å². The van der Waals surface area contributed by atoms with Gasteiger partial charge in [0.25, 0.3) is 5.89 Å². The highest BCUT2D eigenvalue weighted by Crippen LogP contribution is 2.16. The molecule has 0 saturated carbocycles. The Morgan fingerprint density at radius 1 is 1.64 bits per heavy atom. The predicted octanol–water partition coefficient (Wildman–Crippen LogP) is 0.869. The van der Waals surface area contributed by atoms with Crippen molar-refractivity contribution in [2.75, 3.05) is 0 Å². The molecule has 0 bridgehead atoms. The van der Waals surface area contributed by atoms with Gasteiger partial charge in [-0.3, -0.25) is 5.10 Å². The molecule has 0 aliphatic rings. The first-order chi connectivity index (χ1) is 6.81. The molecule has 6 heteroatoms. The zero-order valence-electron chi connectivity index (χ0n) is 7.77. The van der Waals surface area contributed by atoms with E-state index in [0.717, 1.165) is 6.42 Å². The van der Waals surface area contributed by atoms with Crippen LogP contribution in [0.25, 0.3) is 11.6 Å². The van der Waals surface area contributed by atoms with E-state index in [4.69, 9.17) is 10.3 Å². The van der Waals surface area contributed by atoms with Crippen LogP contribution in [0, 0.1) is 0 Å². The summed E-state index contributed by atoms with van der Waals surface area (Å²) in [4.78, 5) is 4.15. The standard InChI is InChI=1S/C8H11N5O/c1-2-5(9)7-11-8(14-13-7)6-3-4-10-12-6/h3-5H,2,9H2,1H3,(H,10,12). The van der Waals surface area contributed by atoms with Crippen LogP contribution in [0.5, 0.6) is 0 Å². The lowest BCUT2D eigenvalue weighted by Crippen LogP contribution is -2.10. The number of rotatable bonds is 3. The van der Waals surface area contributed by atoms with Gasteiger partial charge < -0.3 is 10.3 Å². The van der Waals surface area contributed by atoms with Crippen molar-refractivity contribution in [3.05, 3.63) is 18.1 Å². The highest BCUT2D eigenvalue weighted by Gasteiger charge is 2.13. The van der Waals surface area contributed by atoms with Gasteiger partial charge in [-0.05, 0) is 12.5 Å². The molecule has 1 atom stereocenters. The summed E-state index contributed by atoms with van der Waals surface area (Å²) in [6.07, 6.45) is 2.40. The van der Waals surface area contributed by atoms with E-state index in [9.17, 15) is 0 Å². The maximum Gasteiger partial charge on any atom is 0.275 e. The van der Waals surface area contributed by atoms with Crippen LogP contribution in [0.1, 0.15) is 25.2 Å². The van der Waals surface area contributed by atoms with Crippen molar-refractivity contribution in [3.63, 3.8) is 0 Å². The van der Waals surface area contributed by atoms with Crippen LogP contribution in [0.2, 0.25) is 0 Å². The summed E-state index contributed by atoms with van der Waals surface area (Å²) in [6, 6.07) is 1.59. The molecule has 0 fully saturated rings. The number of hydrogen-bond acceptors (Lipinski definition) is 5. The zero-order chi connectivity index (χ0) is 9.97. The van der Waals surface area contributed by atoms with Gasteiger partial charge in [0.1, 0.15) is 5.69 Å². The van der Waals surface area contributed by atoms with Crippen molar-refractivity contribution >= 4 is 0 Å². The van der Waals surface area contributed by atoms with Crippen molar-refractivity contribution in [1.29, 1.82) is 0 Å². The molecule has 6 nitrogen and oxygen atoms in total. The second-order valence-corrected chi connectivity index (χ2v) is 2.94. The maximum absolute atomic E-state index is 5.75. The van der Waals surface area contributed by atoms with Crippen LogP contribution in [0.4, 0.5) is 0 Å². The van der Waals surface area contributed by atoms with E-state index in [-0.39, 0.29) is 6.04 Å². The Labute approximate surface area is 80.5 Å². The molecule has 0 aliphatic heterocycles. The lowest BCUT2D eigenvalue weighted by atomic mass is 10.2. The van der Waals surface area contributed by atoms with Crippen LogP contribution in [-0.4, -0.2) is 20.3 Å². The van der Waals surface area contributed by atoms with Crippen molar-refractivity contribution in [2.45, 2.75) is 19.4 Å². The van der Waals surface area contributed by atoms with Gasteiger partial charge in [0.15, 0.2) is 5.82 Å². The number of H-pyrrole nitrogens is 1. The smallest absolute Gasteiger partial charge is 0.275 e. The highest BCUT2D eigenvalue weighted by molar-refractivity contribution is 5.44. The van der Waals surface area contributed by atoms with Gasteiger partial charge in [0, 0.05) is 6.20 Å². The molecule has 74 valence electrons. The molecule has 0 aromatic carbocycles. The summed E-state index contributed by atoms with van der Waals surface area (Å²) in [6.45, 7) is 1.97. The Balaban J connectivity index is 2.26. The molecule has 2 heterocycles. The second-order valence-electron chi connectivity index (χ2n) is 2.94. The molecule has 2 aromatic rings. The minimum atomic E-state index is -0.171. The van der Waals surface area contributed by atoms with Crippen LogP contribution in [0.3, 0.4) is 0 Å². The maximum atomic E-state index is 5.75. The molecular formula is C8H11N5O. The number of nitrogens with two attached hydrogens (primary N) is 1. The fraction of sp³-hybridized carbons (Fsp3) is 0.375. The van der Waals surface area contributed by atoms with Gasteiger partial charge in [0.2, 0.25) is 0 Å². The summed E-state index contributed by atoms with van der Waals surface area (Å²) < 4.78 is 5.02. The average Bonchev–Trinajstić information content (AvgIpc) is 2.86. The molecule has 0 aliphatic carbocycles. The van der Waals surface area contributed by atoms with Crippen LogP contribution in [0.15, 0.2) is 16.8 Å². The predicted molar refractivity (Wildman–Crippen MR) is 49.1 cm³/mol. The average molecular weight is 193 g/mol. The van der Waals surface area contributed by atoms with Gasteiger partial charge in [-0.1, -0.05) is 12.1 Å². The third-order valence-corrected chi connectivity index (χ3v) is 1.94. The Morgan fingerprint density at radius 3 is 3.14 bits per heavy atom. The lowest BCUT2D eigenvalue weighted by Gasteiger charge is -1.98. The van der Waals surface area contributed by atoms with Crippen LogP contribution in [-0.2, 0) is 0 Å². The Hall–Kier alpha value is -1.69. The molecule has 2 rings (SSSR count). The molecular weight excluding hydrogens is 182 g/mol. The number of aromatic nitrogens is 4. The molecule has 0 amide bonds. The van der Waals surface area contributed by atoms with E-state index in [1.165, 1.54) is 0 Å². The molecule has 0 radical (unpaired) electrons. The minimum absolute atomic E-state index is 0.171. The molecule has 1 unspecified atom stereocenters. The first-order valence-corrected chi connectivity index (χ1v) is 4.40. The zero-order valence-corrected chi connectivity index (χ0v) is 7.77. The van der Waals surface area contributed by atoms with Gasteiger partial charge in [-0.25, -0.2) is 0 Å². The van der Waals surface area contributed by atoms with Crippen LogP contribution >= 0.6 is 0 Å². The SMILES string of the molecule is CCC(N)c1noc(-c2ccn[nH]2)n1. The third kappa shape index (κ3) is 1.51. The summed E-state index contributed by atoms with van der Waals surface area (Å²) in [5.41, 5.74) is 6.45. The summed E-state index contributed by atoms with van der Waals surface area (Å²) >= 11 is 0. The second kappa shape index (κ2) is 3.59. The van der Waals surface area contributed by atoms with Crippen molar-refractivity contribution in [3.8, 4) is 11.6 Å². The number of hydrogen-bond donors (Lipinski definition) is 2. The van der Waals surface area contributed by atoms with Crippen molar-refractivity contribution in [1.82, 2.24) is 20.3 Å². The van der Waals surface area contributed by atoms with Gasteiger partial charge in [-0.2, -0.15) is 10.1 Å². The summed E-state index contributed by atoms with van der Waals surface area (Å²) in [7, 11) is 0. The molecule has 0 spiro atoms. The number of nitrogens with one attached hydrogen (secondary N) is 1. The summed E-state index contributed by atoms with van der Waals surface area (Å²) in [5, 5.41) is 10.3. The Morgan fingerprint density at radius 2 is 2.50 bits per heavy atom. The quantitative estimate of drug-likeness (QED) is 0.754. The van der Waals surface area contributed by atoms with Crippen LogP contribution < -0.4 is 5.73 Å².